The number of fused-ring (bicyclic) bond motifs is 2. The maximum atomic E-state index is 13.5. The van der Waals surface area contributed by atoms with Crippen molar-refractivity contribution in [1.82, 2.24) is 14.9 Å². The molecule has 1 aromatic carbocycles. The maximum Gasteiger partial charge on any atom is 0.345 e. The Bertz CT molecular complexity index is 1290. The van der Waals surface area contributed by atoms with Crippen LogP contribution in [-0.4, -0.2) is 46.9 Å². The predicted octanol–water partition coefficient (Wildman–Crippen LogP) is 3.38. The highest BCUT2D eigenvalue weighted by molar-refractivity contribution is 6.02. The number of pyridine rings is 2. The van der Waals surface area contributed by atoms with Gasteiger partial charge in [-0.2, -0.15) is 0 Å². The number of benzene rings is 1. The topological polar surface area (TPSA) is 102 Å². The lowest BCUT2D eigenvalue weighted by molar-refractivity contribution is -0.152. The molecule has 0 fully saturated rings. The van der Waals surface area contributed by atoms with Crippen molar-refractivity contribution >= 4 is 22.8 Å². The van der Waals surface area contributed by atoms with Gasteiger partial charge >= 0.3 is 5.97 Å². The van der Waals surface area contributed by atoms with Crippen molar-refractivity contribution in [3.63, 3.8) is 0 Å². The van der Waals surface area contributed by atoms with Crippen LogP contribution in [0.5, 0.6) is 0 Å². The van der Waals surface area contributed by atoms with E-state index in [2.05, 4.69) is 4.98 Å². The van der Waals surface area contributed by atoms with Crippen LogP contribution in [0.3, 0.4) is 0 Å². The monoisotopic (exact) mass is 449 g/mol. The van der Waals surface area contributed by atoms with E-state index in [9.17, 15) is 14.4 Å². The summed E-state index contributed by atoms with van der Waals surface area (Å²) in [6, 6.07) is 11.3. The Morgan fingerprint density at radius 3 is 2.55 bits per heavy atom. The minimum Gasteiger partial charge on any atom is -0.440 e. The van der Waals surface area contributed by atoms with Crippen LogP contribution in [0, 0.1) is 0 Å². The number of carbonyl (C=O) groups excluding carboxylic acids is 2. The summed E-state index contributed by atoms with van der Waals surface area (Å²) in [6.07, 6.45) is 0.208. The molecule has 0 radical (unpaired) electrons. The number of para-hydroxylation sites is 1. The van der Waals surface area contributed by atoms with Gasteiger partial charge in [0.05, 0.1) is 23.5 Å². The standard InChI is InChI=1S/C25H27N3O5/c1-5-25(24(31)28(6-2)7-3)17-13-19(27-22(29)20(17)23(30)33-25)21-16(14-32-4)12-15-10-8-9-11-18(15)26-21/h8-13H,5-7,14H2,1-4H3,(H,27,29)/t25-/m0/s1. The van der Waals surface area contributed by atoms with Gasteiger partial charge < -0.3 is 19.4 Å². The zero-order valence-electron chi connectivity index (χ0n) is 19.2. The van der Waals surface area contributed by atoms with Crippen molar-refractivity contribution in [2.45, 2.75) is 39.4 Å². The quantitative estimate of drug-likeness (QED) is 0.555. The van der Waals surface area contributed by atoms with Crippen molar-refractivity contribution in [2.75, 3.05) is 20.2 Å². The van der Waals surface area contributed by atoms with Gasteiger partial charge in [0.25, 0.3) is 11.5 Å². The number of H-pyrrole nitrogens is 1. The summed E-state index contributed by atoms with van der Waals surface area (Å²) in [5.74, 6) is -1.12. The largest absolute Gasteiger partial charge is 0.440 e. The molecule has 1 N–H and O–H groups in total. The number of nitrogens with one attached hydrogen (secondary N) is 1. The number of cyclic esters (lactones) is 1. The number of rotatable bonds is 7. The molecule has 3 aromatic rings. The molecule has 3 heterocycles. The first-order valence-electron chi connectivity index (χ1n) is 11.1. The van der Waals surface area contributed by atoms with Crippen molar-refractivity contribution in [3.8, 4) is 11.4 Å². The number of hydrogen-bond donors (Lipinski definition) is 1. The molecule has 1 aliphatic heterocycles. The smallest absolute Gasteiger partial charge is 0.345 e. The van der Waals surface area contributed by atoms with Crippen molar-refractivity contribution in [1.29, 1.82) is 0 Å². The molecule has 2 aromatic heterocycles. The van der Waals surface area contributed by atoms with Crippen LogP contribution in [0.25, 0.3) is 22.3 Å². The molecule has 1 aliphatic rings. The van der Waals surface area contributed by atoms with Gasteiger partial charge in [-0.1, -0.05) is 25.1 Å². The van der Waals surface area contributed by atoms with Gasteiger partial charge in [-0.25, -0.2) is 9.78 Å². The number of amides is 1. The van der Waals surface area contributed by atoms with Gasteiger partial charge in [-0.05, 0) is 38.5 Å². The second kappa shape index (κ2) is 8.78. The van der Waals surface area contributed by atoms with E-state index in [0.717, 1.165) is 16.5 Å². The number of aromatic amines is 1. The van der Waals surface area contributed by atoms with Gasteiger partial charge in [-0.15, -0.1) is 0 Å². The van der Waals surface area contributed by atoms with Gasteiger partial charge in [0.1, 0.15) is 5.56 Å². The van der Waals surface area contributed by atoms with E-state index in [0.29, 0.717) is 24.5 Å². The molecule has 0 saturated carbocycles. The number of likely N-dealkylation sites (N-methyl/N-ethyl adjacent to an activating group) is 1. The van der Waals surface area contributed by atoms with Crippen LogP contribution < -0.4 is 5.56 Å². The average Bonchev–Trinajstić information content (AvgIpc) is 3.12. The van der Waals surface area contributed by atoms with Crippen LogP contribution >= 0.6 is 0 Å². The van der Waals surface area contributed by atoms with E-state index >= 15 is 0 Å². The Morgan fingerprint density at radius 1 is 1.15 bits per heavy atom. The normalized spacial score (nSPS) is 17.2. The SMILES string of the molecule is CCN(CC)C(=O)[C@@]1(CC)OC(=O)c2c1cc(-c1nc3ccccc3cc1COC)[nH]c2=O. The molecule has 172 valence electrons. The zero-order valence-corrected chi connectivity index (χ0v) is 19.2. The summed E-state index contributed by atoms with van der Waals surface area (Å²) in [6.45, 7) is 6.70. The van der Waals surface area contributed by atoms with Crippen LogP contribution in [0.1, 0.15) is 48.7 Å². The van der Waals surface area contributed by atoms with Crippen molar-refractivity contribution in [2.24, 2.45) is 0 Å². The maximum absolute atomic E-state index is 13.5. The fraction of sp³-hybridized carbons (Fsp3) is 0.360. The summed E-state index contributed by atoms with van der Waals surface area (Å²) in [7, 11) is 1.59. The number of hydrogen-bond acceptors (Lipinski definition) is 6. The van der Waals surface area contributed by atoms with Crippen LogP contribution in [0.4, 0.5) is 0 Å². The third-order valence-electron chi connectivity index (χ3n) is 6.19. The second-order valence-electron chi connectivity index (χ2n) is 7.97. The Balaban J connectivity index is 1.97. The fourth-order valence-corrected chi connectivity index (χ4v) is 4.47. The fourth-order valence-electron chi connectivity index (χ4n) is 4.47. The average molecular weight is 450 g/mol. The Kier molecular flexibility index (Phi) is 6.03. The molecule has 0 unspecified atom stereocenters. The molecule has 0 saturated heterocycles. The lowest BCUT2D eigenvalue weighted by atomic mass is 9.88. The highest BCUT2D eigenvalue weighted by Gasteiger charge is 2.53. The van der Waals surface area contributed by atoms with Gasteiger partial charge in [-0.3, -0.25) is 9.59 Å². The molecule has 8 heteroatoms. The molecule has 1 atom stereocenters. The first-order chi connectivity index (χ1) is 15.9. The Labute approximate surface area is 191 Å². The predicted molar refractivity (Wildman–Crippen MR) is 124 cm³/mol. The number of ether oxygens (including phenoxy) is 2. The number of carbonyl (C=O) groups is 2. The molecule has 1 amide bonds. The molecule has 33 heavy (non-hydrogen) atoms. The van der Waals surface area contributed by atoms with Gasteiger partial charge in [0, 0.05) is 36.7 Å². The van der Waals surface area contributed by atoms with E-state index in [-0.39, 0.29) is 30.1 Å². The summed E-state index contributed by atoms with van der Waals surface area (Å²) in [5, 5.41) is 0.940. The van der Waals surface area contributed by atoms with Crippen molar-refractivity contribution < 1.29 is 19.1 Å². The summed E-state index contributed by atoms with van der Waals surface area (Å²) in [5.41, 5.74) is 0.457. The van der Waals surface area contributed by atoms with E-state index in [4.69, 9.17) is 14.5 Å². The molecular weight excluding hydrogens is 422 g/mol. The van der Waals surface area contributed by atoms with Crippen molar-refractivity contribution in [3.05, 3.63) is 63.4 Å². The van der Waals surface area contributed by atoms with E-state index in [1.807, 2.05) is 44.2 Å². The van der Waals surface area contributed by atoms with Crippen LogP contribution in [0.15, 0.2) is 41.2 Å². The lowest BCUT2D eigenvalue weighted by Gasteiger charge is -2.32. The molecular formula is C25H27N3O5. The summed E-state index contributed by atoms with van der Waals surface area (Å²) >= 11 is 0. The van der Waals surface area contributed by atoms with E-state index < -0.39 is 17.1 Å². The lowest BCUT2D eigenvalue weighted by Crippen LogP contribution is -2.47. The number of nitrogens with zero attached hydrogens (tertiary/aromatic N) is 2. The molecule has 0 bridgehead atoms. The summed E-state index contributed by atoms with van der Waals surface area (Å²) in [4.78, 5) is 48.4. The molecule has 0 aliphatic carbocycles. The third kappa shape index (κ3) is 3.60. The highest BCUT2D eigenvalue weighted by atomic mass is 16.6. The van der Waals surface area contributed by atoms with Crippen LogP contribution in [0.2, 0.25) is 0 Å². The Hall–Kier alpha value is -3.52. The zero-order chi connectivity index (χ0) is 23.8. The Morgan fingerprint density at radius 2 is 1.88 bits per heavy atom. The third-order valence-corrected chi connectivity index (χ3v) is 6.19. The number of methoxy groups -OCH3 is 1. The molecule has 4 rings (SSSR count). The first kappa shape index (κ1) is 22.7. The molecule has 0 spiro atoms. The highest BCUT2D eigenvalue weighted by Crippen LogP contribution is 2.41. The minimum atomic E-state index is -1.54. The second-order valence-corrected chi connectivity index (χ2v) is 7.97. The van der Waals surface area contributed by atoms with Gasteiger partial charge in [0.15, 0.2) is 0 Å². The van der Waals surface area contributed by atoms with E-state index in [1.165, 1.54) is 0 Å². The van der Waals surface area contributed by atoms with Gasteiger partial charge in [0.2, 0.25) is 5.60 Å². The number of aromatic nitrogens is 2. The van der Waals surface area contributed by atoms with Crippen LogP contribution in [-0.2, 0) is 26.5 Å². The summed E-state index contributed by atoms with van der Waals surface area (Å²) < 4.78 is 11.0. The van der Waals surface area contributed by atoms with E-state index in [1.54, 1.807) is 25.0 Å². The number of esters is 1. The minimum absolute atomic E-state index is 0.129. The first-order valence-corrected chi connectivity index (χ1v) is 11.1. The molecule has 8 nitrogen and oxygen atoms in total.